The number of carbonyl (C=O) groups excluding carboxylic acids is 1. The second-order valence-electron chi connectivity index (χ2n) is 6.23. The van der Waals surface area contributed by atoms with Gasteiger partial charge in [-0.15, -0.1) is 0 Å². The molecule has 0 aliphatic carbocycles. The summed E-state index contributed by atoms with van der Waals surface area (Å²) in [5.41, 5.74) is 0.558. The molecule has 5 nitrogen and oxygen atoms in total. The van der Waals surface area contributed by atoms with Crippen molar-refractivity contribution in [1.82, 2.24) is 0 Å². The molecule has 0 radical (unpaired) electrons. The Hall–Kier alpha value is -1.82. The van der Waals surface area contributed by atoms with Crippen LogP contribution < -0.4 is 20.1 Å². The van der Waals surface area contributed by atoms with E-state index in [9.17, 15) is 4.79 Å². The van der Waals surface area contributed by atoms with Gasteiger partial charge in [-0.25, -0.2) is 4.98 Å². The quantitative estimate of drug-likeness (QED) is 0.844. The summed E-state index contributed by atoms with van der Waals surface area (Å²) in [6.07, 6.45) is 1.93. The van der Waals surface area contributed by atoms with E-state index in [1.165, 1.54) is 4.90 Å². The third kappa shape index (κ3) is 4.42. The zero-order chi connectivity index (χ0) is 17.8. The first kappa shape index (κ1) is 18.0. The van der Waals surface area contributed by atoms with Crippen LogP contribution in [0.25, 0.3) is 0 Å². The van der Waals surface area contributed by atoms with Gasteiger partial charge in [0.25, 0.3) is 11.7 Å². The molecule has 0 bridgehead atoms. The maximum Gasteiger partial charge on any atom is 0.282 e. The fourth-order valence-electron chi connectivity index (χ4n) is 3.07. The standard InChI is InChI=1S/C18H20Cl2N4O/c1-13(18(25)22-16-12-14(19)5-6-15(16)20)23-8-10-24(11-9-23)17-4-2-3-7-21-17/h2-7,12-13H,8-11H2,1H3,(H,22,25)/p+2/t13-/m0/s1. The number of amides is 1. The first-order valence-corrected chi connectivity index (χ1v) is 9.12. The third-order valence-corrected chi connectivity index (χ3v) is 5.20. The van der Waals surface area contributed by atoms with Gasteiger partial charge in [0, 0.05) is 11.1 Å². The summed E-state index contributed by atoms with van der Waals surface area (Å²) < 4.78 is 0. The van der Waals surface area contributed by atoms with E-state index < -0.39 is 0 Å². The van der Waals surface area contributed by atoms with Gasteiger partial charge in [0.2, 0.25) is 0 Å². The molecule has 2 heterocycles. The molecule has 2 aromatic rings. The highest BCUT2D eigenvalue weighted by Gasteiger charge is 2.32. The predicted molar refractivity (Wildman–Crippen MR) is 100 cm³/mol. The fourth-order valence-corrected chi connectivity index (χ4v) is 3.40. The van der Waals surface area contributed by atoms with Crippen molar-refractivity contribution >= 4 is 40.6 Å². The molecule has 1 aliphatic rings. The van der Waals surface area contributed by atoms with Crippen LogP contribution in [-0.4, -0.2) is 38.1 Å². The molecule has 0 saturated carbocycles. The van der Waals surface area contributed by atoms with Crippen molar-refractivity contribution in [2.24, 2.45) is 0 Å². The number of benzene rings is 1. The molecule has 25 heavy (non-hydrogen) atoms. The van der Waals surface area contributed by atoms with Crippen LogP contribution in [-0.2, 0) is 4.79 Å². The normalized spacial score (nSPS) is 16.5. The Kier molecular flexibility index (Phi) is 5.78. The van der Waals surface area contributed by atoms with Crippen molar-refractivity contribution in [3.8, 4) is 0 Å². The molecular formula is C18H22Cl2N4O+2. The minimum absolute atomic E-state index is 0.0427. The summed E-state index contributed by atoms with van der Waals surface area (Å²) in [7, 11) is 0. The number of anilines is 2. The minimum Gasteiger partial charge on any atom is -0.320 e. The fraction of sp³-hybridized carbons (Fsp3) is 0.333. The monoisotopic (exact) mass is 380 g/mol. The Morgan fingerprint density at radius 2 is 2.00 bits per heavy atom. The van der Waals surface area contributed by atoms with Crippen molar-refractivity contribution in [3.05, 3.63) is 52.6 Å². The highest BCUT2D eigenvalue weighted by Crippen LogP contribution is 2.25. The van der Waals surface area contributed by atoms with E-state index in [4.69, 9.17) is 23.2 Å². The second kappa shape index (κ2) is 8.04. The number of hydrogen-bond donors (Lipinski definition) is 2. The van der Waals surface area contributed by atoms with Crippen LogP contribution >= 0.6 is 23.2 Å². The number of piperazine rings is 1. The summed E-state index contributed by atoms with van der Waals surface area (Å²) in [5.74, 6) is 1.07. The van der Waals surface area contributed by atoms with E-state index in [0.29, 0.717) is 15.7 Å². The molecule has 0 spiro atoms. The summed E-state index contributed by atoms with van der Waals surface area (Å²) in [5, 5.41) is 3.93. The zero-order valence-electron chi connectivity index (χ0n) is 14.1. The number of nitrogens with one attached hydrogen (secondary N) is 3. The average molecular weight is 381 g/mol. The van der Waals surface area contributed by atoms with E-state index in [-0.39, 0.29) is 11.9 Å². The van der Waals surface area contributed by atoms with Crippen molar-refractivity contribution in [2.75, 3.05) is 36.4 Å². The molecule has 1 aromatic carbocycles. The first-order chi connectivity index (χ1) is 12.0. The maximum atomic E-state index is 12.6. The Labute approximate surface area is 157 Å². The van der Waals surface area contributed by atoms with Gasteiger partial charge < -0.3 is 10.2 Å². The number of H-pyrrole nitrogens is 1. The molecule has 132 valence electrons. The maximum absolute atomic E-state index is 12.6. The largest absolute Gasteiger partial charge is 0.320 e. The number of hydrogen-bond acceptors (Lipinski definition) is 2. The molecule has 1 aromatic heterocycles. The van der Waals surface area contributed by atoms with Crippen LogP contribution in [0.2, 0.25) is 10.0 Å². The highest BCUT2D eigenvalue weighted by atomic mass is 35.5. The number of carbonyl (C=O) groups is 1. The topological polar surface area (TPSA) is 50.9 Å². The number of quaternary nitrogens is 1. The Morgan fingerprint density at radius 3 is 2.68 bits per heavy atom. The van der Waals surface area contributed by atoms with Crippen LogP contribution in [0.4, 0.5) is 11.5 Å². The van der Waals surface area contributed by atoms with Gasteiger partial charge in [-0.3, -0.25) is 9.69 Å². The molecule has 1 aliphatic heterocycles. The van der Waals surface area contributed by atoms with Gasteiger partial charge in [-0.05, 0) is 31.2 Å². The predicted octanol–water partition coefficient (Wildman–Crippen LogP) is 1.54. The number of aromatic nitrogens is 1. The molecule has 0 unspecified atom stereocenters. The molecule has 1 amide bonds. The van der Waals surface area contributed by atoms with E-state index >= 15 is 0 Å². The van der Waals surface area contributed by atoms with E-state index in [1.807, 2.05) is 25.3 Å². The molecule has 3 N–H and O–H groups in total. The SMILES string of the molecule is C[C@@H](C(=O)Nc1cc(Cl)ccc1Cl)[NH+]1CCN(c2cccc[nH+]2)CC1. The Morgan fingerprint density at radius 1 is 1.24 bits per heavy atom. The zero-order valence-corrected chi connectivity index (χ0v) is 15.6. The summed E-state index contributed by atoms with van der Waals surface area (Å²) in [4.78, 5) is 19.4. The lowest BCUT2D eigenvalue weighted by Gasteiger charge is -2.31. The molecule has 1 fully saturated rings. The minimum atomic E-state index is -0.156. The van der Waals surface area contributed by atoms with Crippen molar-refractivity contribution in [3.63, 3.8) is 0 Å². The van der Waals surface area contributed by atoms with Gasteiger partial charge in [-0.2, -0.15) is 0 Å². The average Bonchev–Trinajstić information content (AvgIpc) is 2.65. The smallest absolute Gasteiger partial charge is 0.282 e. The van der Waals surface area contributed by atoms with Gasteiger partial charge in [-0.1, -0.05) is 29.3 Å². The lowest BCUT2D eigenvalue weighted by atomic mass is 10.2. The van der Waals surface area contributed by atoms with E-state index in [2.05, 4.69) is 21.3 Å². The van der Waals surface area contributed by atoms with Crippen LogP contribution in [0, 0.1) is 0 Å². The van der Waals surface area contributed by atoms with Crippen molar-refractivity contribution in [2.45, 2.75) is 13.0 Å². The summed E-state index contributed by atoms with van der Waals surface area (Å²) >= 11 is 12.1. The van der Waals surface area contributed by atoms with Crippen LogP contribution in [0.15, 0.2) is 42.6 Å². The first-order valence-electron chi connectivity index (χ1n) is 8.37. The number of pyridine rings is 1. The number of halogens is 2. The van der Waals surface area contributed by atoms with Crippen molar-refractivity contribution in [1.29, 1.82) is 0 Å². The molecular weight excluding hydrogens is 359 g/mol. The lowest BCUT2D eigenvalue weighted by molar-refractivity contribution is -0.914. The van der Waals surface area contributed by atoms with Gasteiger partial charge in [0.15, 0.2) is 6.04 Å². The Bertz CT molecular complexity index is 733. The van der Waals surface area contributed by atoms with Gasteiger partial charge >= 0.3 is 0 Å². The Balaban J connectivity index is 1.57. The molecule has 1 saturated heterocycles. The second-order valence-corrected chi connectivity index (χ2v) is 7.07. The lowest BCUT2D eigenvalue weighted by Crippen LogP contribution is -3.19. The molecule has 3 rings (SSSR count). The molecule has 1 atom stereocenters. The van der Waals surface area contributed by atoms with Crippen molar-refractivity contribution < 1.29 is 14.7 Å². The van der Waals surface area contributed by atoms with Crippen LogP contribution in [0.3, 0.4) is 0 Å². The van der Waals surface area contributed by atoms with Gasteiger partial charge in [0.1, 0.15) is 26.2 Å². The van der Waals surface area contributed by atoms with E-state index in [1.54, 1.807) is 18.2 Å². The summed E-state index contributed by atoms with van der Waals surface area (Å²) in [6, 6.07) is 11.0. The number of rotatable bonds is 4. The van der Waals surface area contributed by atoms with Gasteiger partial charge in [0.05, 0.1) is 16.9 Å². The molecule has 7 heteroatoms. The van der Waals surface area contributed by atoms with Crippen LogP contribution in [0.1, 0.15) is 6.92 Å². The number of nitrogens with zero attached hydrogens (tertiary/aromatic N) is 1. The highest BCUT2D eigenvalue weighted by molar-refractivity contribution is 6.35. The third-order valence-electron chi connectivity index (χ3n) is 4.63. The number of aromatic amines is 1. The summed E-state index contributed by atoms with van der Waals surface area (Å²) in [6.45, 7) is 5.57. The van der Waals surface area contributed by atoms with Crippen LogP contribution in [0.5, 0.6) is 0 Å². The van der Waals surface area contributed by atoms with E-state index in [0.717, 1.165) is 32.0 Å².